The second-order valence-corrected chi connectivity index (χ2v) is 2.85. The average Bonchev–Trinajstić information content (AvgIpc) is 1.59. The topological polar surface area (TPSA) is 12.9 Å². The third-order valence-corrected chi connectivity index (χ3v) is 1.44. The third kappa shape index (κ3) is 1.89. The summed E-state index contributed by atoms with van der Waals surface area (Å²) >= 11 is 1.98. The molecule has 0 fully saturated rings. The molecule has 3 heteroatoms. The molecule has 0 unspecified atom stereocenters. The molecular weight excluding hydrogens is 232 g/mol. The molecular formula is C6H5FIN. The predicted octanol–water partition coefficient (Wildman–Crippen LogP) is 2.13. The highest BCUT2D eigenvalue weighted by Gasteiger charge is 1.93. The van der Waals surface area contributed by atoms with Crippen LogP contribution in [0.15, 0.2) is 12.1 Å². The largest absolute Gasteiger partial charge is 0.247 e. The molecule has 1 aromatic rings. The smallest absolute Gasteiger partial charge is 0.127 e. The Kier molecular flexibility index (Phi) is 2.00. The van der Waals surface area contributed by atoms with Crippen LogP contribution in [0.2, 0.25) is 0 Å². The molecule has 0 radical (unpaired) electrons. The Morgan fingerprint density at radius 1 is 1.56 bits per heavy atom. The van der Waals surface area contributed by atoms with E-state index in [9.17, 15) is 4.39 Å². The Morgan fingerprint density at radius 2 is 2.22 bits per heavy atom. The van der Waals surface area contributed by atoms with E-state index in [0.717, 1.165) is 5.69 Å². The predicted molar refractivity (Wildman–Crippen MR) is 41.6 cm³/mol. The van der Waals surface area contributed by atoms with E-state index in [-0.39, 0.29) is 5.82 Å². The van der Waals surface area contributed by atoms with E-state index in [2.05, 4.69) is 4.98 Å². The minimum Gasteiger partial charge on any atom is -0.247 e. The van der Waals surface area contributed by atoms with Gasteiger partial charge in [-0.3, -0.25) is 0 Å². The van der Waals surface area contributed by atoms with Crippen molar-refractivity contribution in [1.29, 1.82) is 0 Å². The van der Waals surface area contributed by atoms with E-state index >= 15 is 0 Å². The van der Waals surface area contributed by atoms with Crippen LogP contribution in [0.25, 0.3) is 0 Å². The third-order valence-electron chi connectivity index (χ3n) is 0.887. The first-order valence-electron chi connectivity index (χ1n) is 2.48. The van der Waals surface area contributed by atoms with Crippen molar-refractivity contribution >= 4 is 22.6 Å². The summed E-state index contributed by atoms with van der Waals surface area (Å²) in [5, 5.41) is 0. The summed E-state index contributed by atoms with van der Waals surface area (Å²) in [6.45, 7) is 1.77. The molecule has 0 atom stereocenters. The first kappa shape index (κ1) is 6.92. The van der Waals surface area contributed by atoms with Gasteiger partial charge in [0.2, 0.25) is 0 Å². The number of aromatic nitrogens is 1. The van der Waals surface area contributed by atoms with E-state index in [4.69, 9.17) is 0 Å². The summed E-state index contributed by atoms with van der Waals surface area (Å²) in [6.07, 6.45) is 0. The van der Waals surface area contributed by atoms with Crippen LogP contribution in [0.3, 0.4) is 0 Å². The van der Waals surface area contributed by atoms with Gasteiger partial charge in [0, 0.05) is 11.8 Å². The van der Waals surface area contributed by atoms with Crippen molar-refractivity contribution in [1.82, 2.24) is 4.98 Å². The normalized spacial score (nSPS) is 9.67. The molecule has 0 aliphatic carbocycles. The van der Waals surface area contributed by atoms with Crippen molar-refractivity contribution in [3.63, 3.8) is 0 Å². The highest BCUT2D eigenvalue weighted by Crippen LogP contribution is 2.05. The van der Waals surface area contributed by atoms with Gasteiger partial charge in [0.1, 0.15) is 9.52 Å². The SMILES string of the molecule is Cc1cc(F)cc(I)n1. The lowest BCUT2D eigenvalue weighted by atomic mass is 10.4. The van der Waals surface area contributed by atoms with Crippen LogP contribution in [-0.4, -0.2) is 4.98 Å². The number of pyridine rings is 1. The van der Waals surface area contributed by atoms with Crippen molar-refractivity contribution in [3.05, 3.63) is 27.3 Å². The first-order chi connectivity index (χ1) is 4.18. The van der Waals surface area contributed by atoms with E-state index in [1.165, 1.54) is 12.1 Å². The molecule has 0 N–H and O–H groups in total. The zero-order valence-corrected chi connectivity index (χ0v) is 7.02. The molecule has 0 saturated carbocycles. The Balaban J connectivity index is 3.17. The Morgan fingerprint density at radius 3 is 2.67 bits per heavy atom. The summed E-state index contributed by atoms with van der Waals surface area (Å²) < 4.78 is 13.1. The fourth-order valence-electron chi connectivity index (χ4n) is 0.588. The quantitative estimate of drug-likeness (QED) is 0.497. The molecule has 0 aliphatic heterocycles. The van der Waals surface area contributed by atoms with Crippen molar-refractivity contribution in [2.45, 2.75) is 6.92 Å². The lowest BCUT2D eigenvalue weighted by molar-refractivity contribution is 0.622. The molecule has 1 aromatic heterocycles. The molecule has 0 spiro atoms. The maximum atomic E-state index is 12.4. The van der Waals surface area contributed by atoms with Gasteiger partial charge in [0.05, 0.1) is 0 Å². The van der Waals surface area contributed by atoms with Crippen LogP contribution >= 0.6 is 22.6 Å². The minimum atomic E-state index is -0.216. The Hall–Kier alpha value is -0.190. The van der Waals surface area contributed by atoms with E-state index in [1.54, 1.807) is 6.92 Å². The van der Waals surface area contributed by atoms with Crippen LogP contribution in [0.4, 0.5) is 4.39 Å². The molecule has 0 saturated heterocycles. The van der Waals surface area contributed by atoms with Gasteiger partial charge >= 0.3 is 0 Å². The lowest BCUT2D eigenvalue weighted by Crippen LogP contribution is -1.86. The Labute approximate surface area is 66.4 Å². The number of rotatable bonds is 0. The van der Waals surface area contributed by atoms with Gasteiger partial charge in [-0.15, -0.1) is 0 Å². The van der Waals surface area contributed by atoms with Gasteiger partial charge in [-0.1, -0.05) is 0 Å². The zero-order chi connectivity index (χ0) is 6.85. The van der Waals surface area contributed by atoms with Gasteiger partial charge in [0.15, 0.2) is 0 Å². The molecule has 0 amide bonds. The fraction of sp³-hybridized carbons (Fsp3) is 0.167. The van der Waals surface area contributed by atoms with Gasteiger partial charge in [-0.25, -0.2) is 9.37 Å². The van der Waals surface area contributed by atoms with Gasteiger partial charge in [0.25, 0.3) is 0 Å². The molecule has 9 heavy (non-hydrogen) atoms. The maximum Gasteiger partial charge on any atom is 0.127 e. The number of halogens is 2. The molecule has 48 valence electrons. The first-order valence-corrected chi connectivity index (χ1v) is 3.56. The summed E-state index contributed by atoms with van der Waals surface area (Å²) in [5.41, 5.74) is 0.722. The number of hydrogen-bond acceptors (Lipinski definition) is 1. The van der Waals surface area contributed by atoms with Crippen LogP contribution < -0.4 is 0 Å². The summed E-state index contributed by atoms with van der Waals surface area (Å²) in [7, 11) is 0. The van der Waals surface area contributed by atoms with Crippen molar-refractivity contribution in [3.8, 4) is 0 Å². The number of hydrogen-bond donors (Lipinski definition) is 0. The maximum absolute atomic E-state index is 12.4. The van der Waals surface area contributed by atoms with Gasteiger partial charge < -0.3 is 0 Å². The zero-order valence-electron chi connectivity index (χ0n) is 4.86. The second kappa shape index (κ2) is 2.60. The van der Waals surface area contributed by atoms with Gasteiger partial charge in [-0.05, 0) is 35.6 Å². The van der Waals surface area contributed by atoms with E-state index in [0.29, 0.717) is 3.70 Å². The fourth-order valence-corrected chi connectivity index (χ4v) is 1.27. The van der Waals surface area contributed by atoms with E-state index in [1.807, 2.05) is 22.6 Å². The molecule has 0 aromatic carbocycles. The van der Waals surface area contributed by atoms with Crippen molar-refractivity contribution in [2.75, 3.05) is 0 Å². The molecule has 0 bridgehead atoms. The van der Waals surface area contributed by atoms with Crippen molar-refractivity contribution < 1.29 is 4.39 Å². The average molecular weight is 237 g/mol. The standard InChI is InChI=1S/C6H5FIN/c1-4-2-5(7)3-6(8)9-4/h2-3H,1H3. The van der Waals surface area contributed by atoms with E-state index < -0.39 is 0 Å². The number of aryl methyl sites for hydroxylation is 1. The summed E-state index contributed by atoms with van der Waals surface area (Å²) in [4.78, 5) is 3.98. The number of nitrogens with zero attached hydrogens (tertiary/aromatic N) is 1. The van der Waals surface area contributed by atoms with Crippen LogP contribution in [0, 0.1) is 16.4 Å². The van der Waals surface area contributed by atoms with Crippen molar-refractivity contribution in [2.24, 2.45) is 0 Å². The van der Waals surface area contributed by atoms with Gasteiger partial charge in [-0.2, -0.15) is 0 Å². The summed E-state index contributed by atoms with van der Waals surface area (Å²) in [5.74, 6) is -0.216. The minimum absolute atomic E-state index is 0.216. The molecule has 1 rings (SSSR count). The van der Waals surface area contributed by atoms with Crippen LogP contribution in [-0.2, 0) is 0 Å². The van der Waals surface area contributed by atoms with Crippen LogP contribution in [0.1, 0.15) is 5.69 Å². The molecule has 1 heterocycles. The second-order valence-electron chi connectivity index (χ2n) is 1.75. The van der Waals surface area contributed by atoms with Crippen LogP contribution in [0.5, 0.6) is 0 Å². The monoisotopic (exact) mass is 237 g/mol. The Bertz CT molecular complexity index is 174. The highest BCUT2D eigenvalue weighted by molar-refractivity contribution is 14.1. The highest BCUT2D eigenvalue weighted by atomic mass is 127. The molecule has 1 nitrogen and oxygen atoms in total. The lowest BCUT2D eigenvalue weighted by Gasteiger charge is -1.92. The summed E-state index contributed by atoms with van der Waals surface area (Å²) in [6, 6.07) is 2.80. The molecule has 0 aliphatic rings.